The van der Waals surface area contributed by atoms with Gasteiger partial charge in [-0.2, -0.15) is 25.3 Å². The molecule has 2 aromatic rings. The Morgan fingerprint density at radius 1 is 0.875 bits per heavy atom. The van der Waals surface area contributed by atoms with Gasteiger partial charge in [0.2, 0.25) is 0 Å². The summed E-state index contributed by atoms with van der Waals surface area (Å²) >= 11 is 9.08. The van der Waals surface area contributed by atoms with E-state index in [-0.39, 0.29) is 11.1 Å². The average Bonchev–Trinajstić information content (AvgIpc) is 2.55. The molecule has 0 bridgehead atoms. The molecule has 6 heteroatoms. The predicted octanol–water partition coefficient (Wildman–Crippen LogP) is 4.12. The molecule has 0 amide bonds. The summed E-state index contributed by atoms with van der Waals surface area (Å²) in [6, 6.07) is 13.5. The number of carboxylic acid groups (broad SMARTS) is 2. The molecule has 0 aliphatic heterocycles. The molecule has 0 radical (unpaired) electrons. The zero-order valence-electron chi connectivity index (χ0n) is 12.8. The average molecular weight is 362 g/mol. The summed E-state index contributed by atoms with van der Waals surface area (Å²) in [5.41, 5.74) is 1.74. The molecule has 0 aliphatic carbocycles. The number of thiol groups is 2. The third-order valence-corrected chi connectivity index (χ3v) is 4.74. The van der Waals surface area contributed by atoms with Crippen molar-refractivity contribution in [1.82, 2.24) is 0 Å². The van der Waals surface area contributed by atoms with E-state index >= 15 is 0 Å². The van der Waals surface area contributed by atoms with Crippen LogP contribution in [0.5, 0.6) is 0 Å². The molecule has 0 saturated heterocycles. The Kier molecular flexibility index (Phi) is 5.96. The second-order valence-electron chi connectivity index (χ2n) is 5.48. The highest BCUT2D eigenvalue weighted by atomic mass is 32.2. The Balaban J connectivity index is 2.12. The van der Waals surface area contributed by atoms with E-state index in [1.807, 2.05) is 0 Å². The maximum atomic E-state index is 11.4. The van der Waals surface area contributed by atoms with Crippen LogP contribution in [0, 0.1) is 0 Å². The lowest BCUT2D eigenvalue weighted by molar-refractivity contribution is 0.0684. The number of aryl methyl sites for hydroxylation is 1. The van der Waals surface area contributed by atoms with Crippen LogP contribution in [0.15, 0.2) is 48.5 Å². The lowest BCUT2D eigenvalue weighted by Gasteiger charge is -2.25. The van der Waals surface area contributed by atoms with E-state index in [0.29, 0.717) is 24.8 Å². The van der Waals surface area contributed by atoms with Gasteiger partial charge in [0.1, 0.15) is 0 Å². The molecule has 0 aliphatic rings. The zero-order chi connectivity index (χ0) is 17.7. The van der Waals surface area contributed by atoms with Crippen LogP contribution in [0.2, 0.25) is 0 Å². The Hall–Kier alpha value is -1.92. The van der Waals surface area contributed by atoms with Crippen LogP contribution >= 0.6 is 25.3 Å². The predicted molar refractivity (Wildman–Crippen MR) is 99.4 cm³/mol. The van der Waals surface area contributed by atoms with Crippen LogP contribution in [0.25, 0.3) is 0 Å². The van der Waals surface area contributed by atoms with Crippen molar-refractivity contribution in [3.8, 4) is 0 Å². The van der Waals surface area contributed by atoms with Gasteiger partial charge in [0.05, 0.1) is 15.2 Å². The fraction of sp³-hybridized carbons (Fsp3) is 0.222. The van der Waals surface area contributed by atoms with Crippen LogP contribution in [0.4, 0.5) is 0 Å². The molecule has 0 unspecified atom stereocenters. The first-order valence-electron chi connectivity index (χ1n) is 7.41. The lowest BCUT2D eigenvalue weighted by Crippen LogP contribution is -2.16. The van der Waals surface area contributed by atoms with Crippen molar-refractivity contribution in [2.24, 2.45) is 0 Å². The highest BCUT2D eigenvalue weighted by molar-refractivity contribution is 7.99. The van der Waals surface area contributed by atoms with Gasteiger partial charge in [0.15, 0.2) is 0 Å². The molecule has 126 valence electrons. The SMILES string of the molecule is O=C(O)c1ccccc1CCCC(S)(S)c1ccccc1C(=O)O. The number of benzene rings is 2. The standard InChI is InChI=1S/C18H18O4S2/c19-16(20)13-8-2-1-6-12(13)7-5-11-18(23,24)15-10-4-3-9-14(15)17(21)22/h1-4,6,8-10,23-24H,5,7,11H2,(H,19,20)(H,21,22). The van der Waals surface area contributed by atoms with Crippen molar-refractivity contribution in [2.45, 2.75) is 23.3 Å². The largest absolute Gasteiger partial charge is 0.478 e. The van der Waals surface area contributed by atoms with Crippen molar-refractivity contribution in [1.29, 1.82) is 0 Å². The van der Waals surface area contributed by atoms with Gasteiger partial charge in [-0.05, 0) is 42.5 Å². The summed E-state index contributed by atoms with van der Waals surface area (Å²) in [6.07, 6.45) is 1.68. The number of carboxylic acids is 2. The Morgan fingerprint density at radius 2 is 1.42 bits per heavy atom. The van der Waals surface area contributed by atoms with E-state index in [9.17, 15) is 19.8 Å². The molecule has 2 rings (SSSR count). The molecule has 0 atom stereocenters. The van der Waals surface area contributed by atoms with Gasteiger partial charge in [0.25, 0.3) is 0 Å². The highest BCUT2D eigenvalue weighted by Gasteiger charge is 2.27. The number of carbonyl (C=O) groups is 2. The maximum absolute atomic E-state index is 11.4. The van der Waals surface area contributed by atoms with Gasteiger partial charge >= 0.3 is 11.9 Å². The van der Waals surface area contributed by atoms with Crippen LogP contribution in [0.1, 0.15) is 44.7 Å². The summed E-state index contributed by atoms with van der Waals surface area (Å²) in [4.78, 5) is 22.6. The van der Waals surface area contributed by atoms with Crippen LogP contribution in [-0.2, 0) is 10.5 Å². The number of hydrogen-bond acceptors (Lipinski definition) is 4. The molecule has 4 nitrogen and oxygen atoms in total. The summed E-state index contributed by atoms with van der Waals surface area (Å²) in [7, 11) is 0. The van der Waals surface area contributed by atoms with E-state index in [1.165, 1.54) is 6.07 Å². The smallest absolute Gasteiger partial charge is 0.336 e. The van der Waals surface area contributed by atoms with Crippen LogP contribution < -0.4 is 0 Å². The highest BCUT2D eigenvalue weighted by Crippen LogP contribution is 2.39. The minimum Gasteiger partial charge on any atom is -0.478 e. The van der Waals surface area contributed by atoms with E-state index in [4.69, 9.17) is 0 Å². The second kappa shape index (κ2) is 7.77. The molecule has 0 fully saturated rings. The molecule has 2 aromatic carbocycles. The normalized spacial score (nSPS) is 11.2. The van der Waals surface area contributed by atoms with E-state index in [1.54, 1.807) is 42.5 Å². The molecular formula is C18H18O4S2. The molecule has 0 heterocycles. The summed E-state index contributed by atoms with van der Waals surface area (Å²) in [6.45, 7) is 0. The van der Waals surface area contributed by atoms with Gasteiger partial charge in [-0.1, -0.05) is 36.4 Å². The number of rotatable bonds is 7. The molecule has 0 aromatic heterocycles. The van der Waals surface area contributed by atoms with Gasteiger partial charge < -0.3 is 10.2 Å². The summed E-state index contributed by atoms with van der Waals surface area (Å²) in [5.74, 6) is -1.97. The van der Waals surface area contributed by atoms with Crippen molar-refractivity contribution in [3.05, 3.63) is 70.8 Å². The Morgan fingerprint density at radius 3 is 2.04 bits per heavy atom. The molecule has 2 N–H and O–H groups in total. The first-order valence-corrected chi connectivity index (χ1v) is 8.31. The van der Waals surface area contributed by atoms with Gasteiger partial charge in [0, 0.05) is 0 Å². The fourth-order valence-electron chi connectivity index (χ4n) is 2.63. The van der Waals surface area contributed by atoms with Crippen molar-refractivity contribution < 1.29 is 19.8 Å². The molecular weight excluding hydrogens is 344 g/mol. The monoisotopic (exact) mass is 362 g/mol. The minimum absolute atomic E-state index is 0.174. The van der Waals surface area contributed by atoms with Crippen LogP contribution in [-0.4, -0.2) is 22.2 Å². The first kappa shape index (κ1) is 18.4. The van der Waals surface area contributed by atoms with Gasteiger partial charge in [-0.15, -0.1) is 0 Å². The Bertz CT molecular complexity index is 756. The maximum Gasteiger partial charge on any atom is 0.336 e. The first-order chi connectivity index (χ1) is 11.3. The van der Waals surface area contributed by atoms with E-state index in [2.05, 4.69) is 25.3 Å². The zero-order valence-corrected chi connectivity index (χ0v) is 14.6. The van der Waals surface area contributed by atoms with Crippen molar-refractivity contribution in [3.63, 3.8) is 0 Å². The molecule has 0 saturated carbocycles. The summed E-state index contributed by atoms with van der Waals surface area (Å²) in [5, 5.41) is 18.5. The van der Waals surface area contributed by atoms with Gasteiger partial charge in [-0.3, -0.25) is 0 Å². The number of hydrogen-bond donors (Lipinski definition) is 4. The van der Waals surface area contributed by atoms with Gasteiger partial charge in [-0.25, -0.2) is 9.59 Å². The number of aromatic carboxylic acids is 2. The van der Waals surface area contributed by atoms with E-state index in [0.717, 1.165) is 5.56 Å². The quantitative estimate of drug-likeness (QED) is 0.442. The second-order valence-corrected chi connectivity index (χ2v) is 7.36. The minimum atomic E-state index is -1.02. The summed E-state index contributed by atoms with van der Waals surface area (Å²) < 4.78 is -0.910. The van der Waals surface area contributed by atoms with Crippen molar-refractivity contribution >= 4 is 37.2 Å². The third kappa shape index (κ3) is 4.33. The molecule has 0 spiro atoms. The van der Waals surface area contributed by atoms with Crippen LogP contribution in [0.3, 0.4) is 0 Å². The topological polar surface area (TPSA) is 74.6 Å². The fourth-order valence-corrected chi connectivity index (χ4v) is 3.33. The third-order valence-electron chi connectivity index (χ3n) is 3.81. The lowest BCUT2D eigenvalue weighted by atomic mass is 9.97. The van der Waals surface area contributed by atoms with E-state index < -0.39 is 16.0 Å². The molecule has 24 heavy (non-hydrogen) atoms. The Labute approximate surface area is 151 Å². The van der Waals surface area contributed by atoms with Crippen molar-refractivity contribution in [2.75, 3.05) is 0 Å².